The molecule has 1 amide bonds. The molecule has 1 aromatic carbocycles. The fourth-order valence-corrected chi connectivity index (χ4v) is 2.60. The van der Waals surface area contributed by atoms with E-state index in [1.54, 1.807) is 6.07 Å². The molecule has 0 saturated heterocycles. The third-order valence-electron chi connectivity index (χ3n) is 2.34. The number of hydrogen-bond donors (Lipinski definition) is 2. The number of nitrogens with one attached hydrogen (secondary N) is 1. The highest BCUT2D eigenvalue weighted by molar-refractivity contribution is 7.80. The Kier molecular flexibility index (Phi) is 3.86. The van der Waals surface area contributed by atoms with Crippen LogP contribution in [0.15, 0.2) is 40.6 Å². The van der Waals surface area contributed by atoms with Crippen molar-refractivity contribution in [2.45, 2.75) is 18.4 Å². The van der Waals surface area contributed by atoms with Gasteiger partial charge in [0.15, 0.2) is 0 Å². The van der Waals surface area contributed by atoms with Crippen molar-refractivity contribution in [2.75, 3.05) is 0 Å². The summed E-state index contributed by atoms with van der Waals surface area (Å²) in [7, 11) is 0. The van der Waals surface area contributed by atoms with Crippen LogP contribution in [0.25, 0.3) is 0 Å². The second-order valence-electron chi connectivity index (χ2n) is 3.84. The van der Waals surface area contributed by atoms with Gasteiger partial charge in [-0.2, -0.15) is 0 Å². The van der Waals surface area contributed by atoms with Crippen LogP contribution in [0.4, 0.5) is 0 Å². The Bertz CT molecular complexity index is 534. The monoisotopic (exact) mass is 263 g/mol. The Morgan fingerprint density at radius 1 is 1.41 bits per heavy atom. The summed E-state index contributed by atoms with van der Waals surface area (Å²) in [5, 5.41) is 4.75. The van der Waals surface area contributed by atoms with E-state index < -0.39 is 0 Å². The molecule has 1 N–H and O–H groups in total. The molecule has 1 heterocycles. The van der Waals surface area contributed by atoms with Gasteiger partial charge in [0, 0.05) is 16.8 Å². The van der Waals surface area contributed by atoms with Crippen LogP contribution in [-0.2, 0) is 6.54 Å². The van der Waals surface area contributed by atoms with Crippen molar-refractivity contribution in [1.82, 2.24) is 5.32 Å². The first-order valence-corrected chi connectivity index (χ1v) is 6.59. The molecular weight excluding hydrogens is 250 g/mol. The summed E-state index contributed by atoms with van der Waals surface area (Å²) < 4.78 is 0. The zero-order valence-electron chi connectivity index (χ0n) is 9.43. The smallest absolute Gasteiger partial charge is 0.261 e. The second-order valence-corrected chi connectivity index (χ2v) is 5.27. The molecule has 1 aromatic heterocycles. The first kappa shape index (κ1) is 12.2. The van der Waals surface area contributed by atoms with Gasteiger partial charge in [-0.3, -0.25) is 4.79 Å². The number of carbonyl (C=O) groups excluding carboxylic acids is 1. The summed E-state index contributed by atoms with van der Waals surface area (Å²) in [5.41, 5.74) is 2.31. The lowest BCUT2D eigenvalue weighted by molar-refractivity contribution is 0.0955. The van der Waals surface area contributed by atoms with E-state index in [4.69, 9.17) is 0 Å². The van der Waals surface area contributed by atoms with E-state index in [1.807, 2.05) is 30.5 Å². The van der Waals surface area contributed by atoms with Crippen LogP contribution in [0.1, 0.15) is 20.8 Å². The van der Waals surface area contributed by atoms with E-state index in [0.717, 1.165) is 10.5 Å². The highest BCUT2D eigenvalue weighted by Crippen LogP contribution is 2.17. The standard InChI is InChI=1S/C13H13NOS2/c1-9-3-2-4-10(5-9)7-14-13(15)12-6-11(16)8-17-12/h2-6,8,16H,7H2,1H3,(H,14,15). The minimum absolute atomic E-state index is 0.0446. The van der Waals surface area contributed by atoms with Gasteiger partial charge in [-0.25, -0.2) is 0 Å². The number of thiophene rings is 1. The molecule has 0 saturated carbocycles. The maximum atomic E-state index is 11.8. The molecule has 0 unspecified atom stereocenters. The molecule has 4 heteroatoms. The van der Waals surface area contributed by atoms with Crippen LogP contribution in [-0.4, -0.2) is 5.91 Å². The van der Waals surface area contributed by atoms with Gasteiger partial charge in [0.2, 0.25) is 0 Å². The Morgan fingerprint density at radius 3 is 2.88 bits per heavy atom. The summed E-state index contributed by atoms with van der Waals surface area (Å²) in [6.07, 6.45) is 0. The van der Waals surface area contributed by atoms with Crippen molar-refractivity contribution in [1.29, 1.82) is 0 Å². The second kappa shape index (κ2) is 5.38. The van der Waals surface area contributed by atoms with Gasteiger partial charge in [-0.1, -0.05) is 29.8 Å². The number of thiol groups is 1. The van der Waals surface area contributed by atoms with Crippen LogP contribution < -0.4 is 5.32 Å². The van der Waals surface area contributed by atoms with Crippen molar-refractivity contribution in [3.63, 3.8) is 0 Å². The average molecular weight is 263 g/mol. The fraction of sp³-hybridized carbons (Fsp3) is 0.154. The molecule has 2 nitrogen and oxygen atoms in total. The van der Waals surface area contributed by atoms with E-state index in [0.29, 0.717) is 11.4 Å². The Balaban J connectivity index is 1.97. The number of amides is 1. The number of benzene rings is 1. The normalized spacial score (nSPS) is 10.2. The van der Waals surface area contributed by atoms with Crippen molar-refractivity contribution in [2.24, 2.45) is 0 Å². The number of aryl methyl sites for hydroxylation is 1. The number of hydrogen-bond acceptors (Lipinski definition) is 3. The quantitative estimate of drug-likeness (QED) is 0.818. The van der Waals surface area contributed by atoms with Crippen LogP contribution >= 0.6 is 24.0 Å². The SMILES string of the molecule is Cc1cccc(CNC(=O)c2cc(S)cs2)c1. The number of rotatable bonds is 3. The third kappa shape index (κ3) is 3.35. The average Bonchev–Trinajstić information content (AvgIpc) is 2.73. The third-order valence-corrected chi connectivity index (χ3v) is 3.71. The van der Waals surface area contributed by atoms with Gasteiger partial charge >= 0.3 is 0 Å². The molecule has 0 radical (unpaired) electrons. The van der Waals surface area contributed by atoms with Crippen LogP contribution in [0.5, 0.6) is 0 Å². The van der Waals surface area contributed by atoms with Gasteiger partial charge in [-0.05, 0) is 18.6 Å². The van der Waals surface area contributed by atoms with Crippen molar-refractivity contribution in [3.05, 3.63) is 51.7 Å². The van der Waals surface area contributed by atoms with E-state index in [9.17, 15) is 4.79 Å². The molecule has 88 valence electrons. The van der Waals surface area contributed by atoms with Crippen molar-refractivity contribution in [3.8, 4) is 0 Å². The molecular formula is C13H13NOS2. The minimum Gasteiger partial charge on any atom is -0.347 e. The lowest BCUT2D eigenvalue weighted by Crippen LogP contribution is -2.21. The Hall–Kier alpha value is -1.26. The fourth-order valence-electron chi connectivity index (χ4n) is 1.54. The maximum absolute atomic E-state index is 11.8. The molecule has 0 atom stereocenters. The van der Waals surface area contributed by atoms with Crippen LogP contribution in [0.3, 0.4) is 0 Å². The van der Waals surface area contributed by atoms with Gasteiger partial charge in [0.05, 0.1) is 4.88 Å². The summed E-state index contributed by atoms with van der Waals surface area (Å²) >= 11 is 5.59. The Morgan fingerprint density at radius 2 is 2.24 bits per heavy atom. The summed E-state index contributed by atoms with van der Waals surface area (Å²) in [6, 6.07) is 9.88. The highest BCUT2D eigenvalue weighted by atomic mass is 32.1. The first-order chi connectivity index (χ1) is 8.15. The highest BCUT2D eigenvalue weighted by Gasteiger charge is 2.07. The minimum atomic E-state index is -0.0446. The van der Waals surface area contributed by atoms with Crippen molar-refractivity contribution >= 4 is 29.9 Å². The summed E-state index contributed by atoms with van der Waals surface area (Å²) in [5.74, 6) is -0.0446. The van der Waals surface area contributed by atoms with Gasteiger partial charge < -0.3 is 5.32 Å². The number of carbonyl (C=O) groups is 1. The topological polar surface area (TPSA) is 29.1 Å². The lowest BCUT2D eigenvalue weighted by Gasteiger charge is -2.04. The predicted molar refractivity (Wildman–Crippen MR) is 73.9 cm³/mol. The van der Waals surface area contributed by atoms with Gasteiger partial charge in [0.1, 0.15) is 0 Å². The van der Waals surface area contributed by atoms with E-state index in [-0.39, 0.29) is 5.91 Å². The zero-order chi connectivity index (χ0) is 12.3. The molecule has 0 fully saturated rings. The van der Waals surface area contributed by atoms with Crippen LogP contribution in [0.2, 0.25) is 0 Å². The largest absolute Gasteiger partial charge is 0.347 e. The Labute approximate surface area is 110 Å². The summed E-state index contributed by atoms with van der Waals surface area (Å²) in [4.78, 5) is 13.3. The van der Waals surface area contributed by atoms with Gasteiger partial charge in [0.25, 0.3) is 5.91 Å². The summed E-state index contributed by atoms with van der Waals surface area (Å²) in [6.45, 7) is 2.60. The maximum Gasteiger partial charge on any atom is 0.261 e. The van der Waals surface area contributed by atoms with Gasteiger partial charge in [-0.15, -0.1) is 24.0 Å². The predicted octanol–water partition coefficient (Wildman–Crippen LogP) is 3.28. The molecule has 2 aromatic rings. The van der Waals surface area contributed by atoms with E-state index in [2.05, 4.69) is 24.0 Å². The van der Waals surface area contributed by atoms with E-state index in [1.165, 1.54) is 16.9 Å². The zero-order valence-corrected chi connectivity index (χ0v) is 11.1. The molecule has 0 bridgehead atoms. The molecule has 17 heavy (non-hydrogen) atoms. The lowest BCUT2D eigenvalue weighted by atomic mass is 10.1. The molecule has 0 aliphatic carbocycles. The van der Waals surface area contributed by atoms with E-state index >= 15 is 0 Å². The van der Waals surface area contributed by atoms with Crippen molar-refractivity contribution < 1.29 is 4.79 Å². The molecule has 2 rings (SSSR count). The molecule has 0 aliphatic rings. The molecule has 0 aliphatic heterocycles. The van der Waals surface area contributed by atoms with Crippen LogP contribution in [0, 0.1) is 6.92 Å². The first-order valence-electron chi connectivity index (χ1n) is 5.26. The molecule has 0 spiro atoms.